The molecule has 0 saturated heterocycles. The van der Waals surface area contributed by atoms with Crippen LogP contribution in [0.1, 0.15) is 18.5 Å². The summed E-state index contributed by atoms with van der Waals surface area (Å²) in [4.78, 5) is 10.7. The summed E-state index contributed by atoms with van der Waals surface area (Å²) in [6, 6.07) is 2.61. The standard InChI is InChI=1S/C9H13N3/c1-7-5-6-10-9(11-7)12(2)8-3-4-8/h5-6,8H,3-4H2,1-2H3. The third kappa shape index (κ3) is 1.40. The summed E-state index contributed by atoms with van der Waals surface area (Å²) >= 11 is 0. The van der Waals surface area contributed by atoms with Crippen LogP contribution in [0.5, 0.6) is 0 Å². The van der Waals surface area contributed by atoms with E-state index in [1.807, 2.05) is 19.2 Å². The first-order chi connectivity index (χ1) is 5.77. The molecular formula is C9H13N3. The average Bonchev–Trinajstić information content (AvgIpc) is 2.85. The first-order valence-corrected chi connectivity index (χ1v) is 4.30. The molecule has 1 aromatic heterocycles. The summed E-state index contributed by atoms with van der Waals surface area (Å²) < 4.78 is 0. The van der Waals surface area contributed by atoms with Crippen molar-refractivity contribution in [3.05, 3.63) is 18.0 Å². The zero-order valence-corrected chi connectivity index (χ0v) is 7.49. The quantitative estimate of drug-likeness (QED) is 0.659. The lowest BCUT2D eigenvalue weighted by Gasteiger charge is -2.15. The highest BCUT2D eigenvalue weighted by atomic mass is 15.3. The van der Waals surface area contributed by atoms with Gasteiger partial charge in [0.2, 0.25) is 5.95 Å². The molecular weight excluding hydrogens is 150 g/mol. The van der Waals surface area contributed by atoms with Crippen LogP contribution < -0.4 is 4.90 Å². The molecule has 1 fully saturated rings. The van der Waals surface area contributed by atoms with Crippen molar-refractivity contribution in [1.82, 2.24) is 9.97 Å². The van der Waals surface area contributed by atoms with Crippen LogP contribution >= 0.6 is 0 Å². The molecule has 0 atom stereocenters. The van der Waals surface area contributed by atoms with E-state index >= 15 is 0 Å². The molecule has 0 spiro atoms. The number of hydrogen-bond acceptors (Lipinski definition) is 3. The Morgan fingerprint density at radius 3 is 2.83 bits per heavy atom. The van der Waals surface area contributed by atoms with Crippen molar-refractivity contribution in [3.8, 4) is 0 Å². The second-order valence-electron chi connectivity index (χ2n) is 3.34. The maximum Gasteiger partial charge on any atom is 0.225 e. The van der Waals surface area contributed by atoms with Crippen LogP contribution in [0, 0.1) is 6.92 Å². The van der Waals surface area contributed by atoms with Gasteiger partial charge in [0.1, 0.15) is 0 Å². The van der Waals surface area contributed by atoms with E-state index in [1.165, 1.54) is 12.8 Å². The minimum absolute atomic E-state index is 0.687. The molecule has 3 nitrogen and oxygen atoms in total. The molecule has 0 amide bonds. The number of hydrogen-bond donors (Lipinski definition) is 0. The second-order valence-corrected chi connectivity index (χ2v) is 3.34. The zero-order valence-electron chi connectivity index (χ0n) is 7.49. The van der Waals surface area contributed by atoms with Gasteiger partial charge in [0.15, 0.2) is 0 Å². The molecule has 64 valence electrons. The monoisotopic (exact) mass is 163 g/mol. The molecule has 0 unspecified atom stereocenters. The molecule has 1 heterocycles. The van der Waals surface area contributed by atoms with Crippen LogP contribution in [0.15, 0.2) is 12.3 Å². The minimum Gasteiger partial charge on any atom is -0.341 e. The van der Waals surface area contributed by atoms with Crippen LogP contribution in [0.2, 0.25) is 0 Å². The lowest BCUT2D eigenvalue weighted by Crippen LogP contribution is -2.21. The predicted molar refractivity (Wildman–Crippen MR) is 48.2 cm³/mol. The Kier molecular flexibility index (Phi) is 1.71. The molecule has 0 aliphatic heterocycles. The van der Waals surface area contributed by atoms with Gasteiger partial charge in [0, 0.05) is 25.0 Å². The molecule has 0 N–H and O–H groups in total. The average molecular weight is 163 g/mol. The largest absolute Gasteiger partial charge is 0.341 e. The Hall–Kier alpha value is -1.12. The smallest absolute Gasteiger partial charge is 0.225 e. The number of aromatic nitrogens is 2. The summed E-state index contributed by atoms with van der Waals surface area (Å²) in [6.45, 7) is 1.99. The minimum atomic E-state index is 0.687. The second kappa shape index (κ2) is 2.73. The summed E-state index contributed by atoms with van der Waals surface area (Å²) in [7, 11) is 2.06. The number of anilines is 1. The number of rotatable bonds is 2. The van der Waals surface area contributed by atoms with Crippen molar-refractivity contribution in [2.75, 3.05) is 11.9 Å². The van der Waals surface area contributed by atoms with Crippen molar-refractivity contribution >= 4 is 5.95 Å². The number of nitrogens with zero attached hydrogens (tertiary/aromatic N) is 3. The first-order valence-electron chi connectivity index (χ1n) is 4.30. The third-order valence-electron chi connectivity index (χ3n) is 2.19. The van der Waals surface area contributed by atoms with Gasteiger partial charge in [-0.25, -0.2) is 9.97 Å². The fourth-order valence-electron chi connectivity index (χ4n) is 1.23. The molecule has 1 saturated carbocycles. The molecule has 1 aliphatic carbocycles. The van der Waals surface area contributed by atoms with Gasteiger partial charge in [-0.15, -0.1) is 0 Å². The molecule has 0 radical (unpaired) electrons. The van der Waals surface area contributed by atoms with Gasteiger partial charge in [-0.2, -0.15) is 0 Å². The van der Waals surface area contributed by atoms with E-state index in [2.05, 4.69) is 21.9 Å². The lowest BCUT2D eigenvalue weighted by atomic mass is 10.4. The molecule has 1 aliphatic rings. The van der Waals surface area contributed by atoms with E-state index in [-0.39, 0.29) is 0 Å². The van der Waals surface area contributed by atoms with Crippen molar-refractivity contribution in [1.29, 1.82) is 0 Å². The Morgan fingerprint density at radius 2 is 2.25 bits per heavy atom. The van der Waals surface area contributed by atoms with Crippen molar-refractivity contribution in [2.24, 2.45) is 0 Å². The zero-order chi connectivity index (χ0) is 8.55. The van der Waals surface area contributed by atoms with E-state index < -0.39 is 0 Å². The highest BCUT2D eigenvalue weighted by molar-refractivity contribution is 5.32. The Bertz CT molecular complexity index is 281. The summed E-state index contributed by atoms with van der Waals surface area (Å²) in [5.41, 5.74) is 1.03. The molecule has 2 rings (SSSR count). The highest BCUT2D eigenvalue weighted by Crippen LogP contribution is 2.27. The maximum atomic E-state index is 4.35. The first kappa shape index (κ1) is 7.53. The van der Waals surface area contributed by atoms with Crippen molar-refractivity contribution < 1.29 is 0 Å². The van der Waals surface area contributed by atoms with E-state index in [0.717, 1.165) is 11.6 Å². The maximum absolute atomic E-state index is 4.35. The van der Waals surface area contributed by atoms with Crippen molar-refractivity contribution in [2.45, 2.75) is 25.8 Å². The fourth-order valence-corrected chi connectivity index (χ4v) is 1.23. The van der Waals surface area contributed by atoms with E-state index in [9.17, 15) is 0 Å². The van der Waals surface area contributed by atoms with Gasteiger partial charge in [-0.05, 0) is 25.8 Å². The van der Waals surface area contributed by atoms with Gasteiger partial charge >= 0.3 is 0 Å². The molecule has 1 aromatic rings. The summed E-state index contributed by atoms with van der Waals surface area (Å²) in [6.07, 6.45) is 4.39. The van der Waals surface area contributed by atoms with Gasteiger partial charge in [-0.3, -0.25) is 0 Å². The Labute approximate surface area is 72.4 Å². The van der Waals surface area contributed by atoms with E-state index in [0.29, 0.717) is 6.04 Å². The fraction of sp³-hybridized carbons (Fsp3) is 0.556. The van der Waals surface area contributed by atoms with Crippen LogP contribution in [0.25, 0.3) is 0 Å². The van der Waals surface area contributed by atoms with Crippen LogP contribution in [-0.4, -0.2) is 23.1 Å². The van der Waals surface area contributed by atoms with E-state index in [4.69, 9.17) is 0 Å². The summed E-state index contributed by atoms with van der Waals surface area (Å²) in [5.74, 6) is 0.859. The van der Waals surface area contributed by atoms with E-state index in [1.54, 1.807) is 0 Å². The number of aryl methyl sites for hydroxylation is 1. The SMILES string of the molecule is Cc1ccnc(N(C)C2CC2)n1. The van der Waals surface area contributed by atoms with Gasteiger partial charge in [-0.1, -0.05) is 0 Å². The molecule has 12 heavy (non-hydrogen) atoms. The van der Waals surface area contributed by atoms with Gasteiger partial charge in [0.05, 0.1) is 0 Å². The van der Waals surface area contributed by atoms with Gasteiger partial charge < -0.3 is 4.90 Å². The Morgan fingerprint density at radius 1 is 1.50 bits per heavy atom. The Balaban J connectivity index is 2.20. The normalized spacial score (nSPS) is 16.2. The van der Waals surface area contributed by atoms with Crippen LogP contribution in [-0.2, 0) is 0 Å². The molecule has 0 bridgehead atoms. The molecule has 3 heteroatoms. The topological polar surface area (TPSA) is 29.0 Å². The summed E-state index contributed by atoms with van der Waals surface area (Å²) in [5, 5.41) is 0. The lowest BCUT2D eigenvalue weighted by molar-refractivity contribution is 0.854. The molecule has 0 aromatic carbocycles. The van der Waals surface area contributed by atoms with Crippen LogP contribution in [0.3, 0.4) is 0 Å². The van der Waals surface area contributed by atoms with Crippen LogP contribution in [0.4, 0.5) is 5.95 Å². The highest BCUT2D eigenvalue weighted by Gasteiger charge is 2.27. The van der Waals surface area contributed by atoms with Gasteiger partial charge in [0.25, 0.3) is 0 Å². The predicted octanol–water partition coefficient (Wildman–Crippen LogP) is 1.38. The van der Waals surface area contributed by atoms with Crippen molar-refractivity contribution in [3.63, 3.8) is 0 Å². The third-order valence-corrected chi connectivity index (χ3v) is 2.19.